The van der Waals surface area contributed by atoms with Crippen molar-refractivity contribution >= 4 is 34.1 Å². The van der Waals surface area contributed by atoms with E-state index < -0.39 is 23.9 Å². The lowest BCUT2D eigenvalue weighted by Crippen LogP contribution is -2.30. The normalized spacial score (nSPS) is 11.5. The summed E-state index contributed by atoms with van der Waals surface area (Å²) in [5, 5.41) is 4.57. The largest absolute Gasteiger partial charge is 0.449 e. The molecular formula is C23H22N2O4S. The molecule has 1 aromatic heterocycles. The summed E-state index contributed by atoms with van der Waals surface area (Å²) in [5.41, 5.74) is 7.97. The zero-order valence-corrected chi connectivity index (χ0v) is 17.3. The molecule has 0 saturated carbocycles. The van der Waals surface area contributed by atoms with Crippen LogP contribution >= 0.6 is 11.3 Å². The Morgan fingerprint density at radius 3 is 2.40 bits per heavy atom. The van der Waals surface area contributed by atoms with E-state index in [4.69, 9.17) is 10.5 Å². The minimum atomic E-state index is -1.04. The summed E-state index contributed by atoms with van der Waals surface area (Å²) in [6, 6.07) is 18.7. The molecule has 3 aromatic rings. The lowest BCUT2D eigenvalue weighted by molar-refractivity contribution is -0.123. The van der Waals surface area contributed by atoms with Gasteiger partial charge in [0.1, 0.15) is 5.00 Å². The van der Waals surface area contributed by atoms with Gasteiger partial charge in [-0.3, -0.25) is 9.59 Å². The van der Waals surface area contributed by atoms with E-state index in [9.17, 15) is 14.4 Å². The van der Waals surface area contributed by atoms with Gasteiger partial charge >= 0.3 is 5.97 Å². The van der Waals surface area contributed by atoms with Gasteiger partial charge in [0.15, 0.2) is 6.10 Å². The van der Waals surface area contributed by atoms with E-state index in [1.165, 1.54) is 29.9 Å². The van der Waals surface area contributed by atoms with Crippen molar-refractivity contribution in [3.05, 3.63) is 88.3 Å². The fraction of sp³-hybridized carbons (Fsp3) is 0.174. The Bertz CT molecular complexity index is 1050. The number of nitrogens with one attached hydrogen (secondary N) is 1. The molecule has 0 bridgehead atoms. The molecule has 2 aromatic carbocycles. The number of thiophene rings is 1. The number of esters is 1. The molecule has 0 fully saturated rings. The Hall–Kier alpha value is -3.45. The first-order valence-electron chi connectivity index (χ1n) is 9.46. The van der Waals surface area contributed by atoms with Crippen LogP contribution in [0, 0.1) is 0 Å². The second-order valence-electron chi connectivity index (χ2n) is 6.71. The average Bonchev–Trinajstić information content (AvgIpc) is 3.21. The van der Waals surface area contributed by atoms with E-state index in [-0.39, 0.29) is 5.56 Å². The van der Waals surface area contributed by atoms with Crippen molar-refractivity contribution in [2.45, 2.75) is 25.9 Å². The molecule has 0 spiro atoms. The Labute approximate surface area is 178 Å². The maximum atomic E-state index is 12.7. The maximum absolute atomic E-state index is 12.7. The molecule has 0 radical (unpaired) electrons. The lowest BCUT2D eigenvalue weighted by atomic mass is 10.00. The predicted octanol–water partition coefficient (Wildman–Crippen LogP) is 3.82. The van der Waals surface area contributed by atoms with E-state index in [0.717, 1.165) is 12.0 Å². The average molecular weight is 423 g/mol. The van der Waals surface area contributed by atoms with Crippen molar-refractivity contribution < 1.29 is 19.1 Å². The van der Waals surface area contributed by atoms with Crippen molar-refractivity contribution in [1.82, 2.24) is 0 Å². The van der Waals surface area contributed by atoms with Crippen LogP contribution < -0.4 is 11.1 Å². The zero-order chi connectivity index (χ0) is 21.5. The van der Waals surface area contributed by atoms with Crippen LogP contribution in [0.2, 0.25) is 0 Å². The quantitative estimate of drug-likeness (QED) is 0.539. The molecule has 6 nitrogen and oxygen atoms in total. The van der Waals surface area contributed by atoms with Crippen LogP contribution in [0.4, 0.5) is 5.00 Å². The van der Waals surface area contributed by atoms with E-state index in [0.29, 0.717) is 17.0 Å². The molecule has 1 unspecified atom stereocenters. The Morgan fingerprint density at radius 2 is 1.67 bits per heavy atom. The van der Waals surface area contributed by atoms with Crippen LogP contribution in [0.5, 0.6) is 0 Å². The van der Waals surface area contributed by atoms with Crippen LogP contribution in [-0.2, 0) is 22.4 Å². The van der Waals surface area contributed by atoms with Gasteiger partial charge in [-0.1, -0.05) is 48.5 Å². The standard InChI is InChI=1S/C23H22N2O4S/c1-15(21(27)25-22-19(20(24)26)13-14-30-22)29-23(28)18-10-6-5-9-17(18)12-11-16-7-3-2-4-8-16/h2-10,13-15H,11-12H2,1H3,(H2,24,26)(H,25,27). The topological polar surface area (TPSA) is 98.5 Å². The first-order valence-corrected chi connectivity index (χ1v) is 10.3. The van der Waals surface area contributed by atoms with Crippen LogP contribution in [0.3, 0.4) is 0 Å². The molecule has 0 aliphatic carbocycles. The van der Waals surface area contributed by atoms with Crippen LogP contribution in [0.25, 0.3) is 0 Å². The van der Waals surface area contributed by atoms with Crippen molar-refractivity contribution in [3.63, 3.8) is 0 Å². The number of benzene rings is 2. The first kappa shape index (κ1) is 21.3. The van der Waals surface area contributed by atoms with Crippen LogP contribution in [0.15, 0.2) is 66.0 Å². The maximum Gasteiger partial charge on any atom is 0.339 e. The summed E-state index contributed by atoms with van der Waals surface area (Å²) in [7, 11) is 0. The molecule has 0 saturated heterocycles. The van der Waals surface area contributed by atoms with Crippen LogP contribution in [0.1, 0.15) is 38.8 Å². The lowest BCUT2D eigenvalue weighted by Gasteiger charge is -2.15. The smallest absolute Gasteiger partial charge is 0.339 e. The highest BCUT2D eigenvalue weighted by atomic mass is 32.1. The Balaban J connectivity index is 1.64. The molecule has 30 heavy (non-hydrogen) atoms. The summed E-state index contributed by atoms with van der Waals surface area (Å²) in [5.74, 6) is -1.73. The van der Waals surface area contributed by atoms with Gasteiger partial charge in [0.25, 0.3) is 11.8 Å². The third kappa shape index (κ3) is 5.33. The number of hydrogen-bond acceptors (Lipinski definition) is 5. The van der Waals surface area contributed by atoms with Gasteiger partial charge in [0.05, 0.1) is 11.1 Å². The summed E-state index contributed by atoms with van der Waals surface area (Å²) in [6.07, 6.45) is 0.421. The van der Waals surface area contributed by atoms with Crippen molar-refractivity contribution in [3.8, 4) is 0 Å². The first-order chi connectivity index (χ1) is 14.5. The predicted molar refractivity (Wildman–Crippen MR) is 117 cm³/mol. The van der Waals surface area contributed by atoms with E-state index in [1.807, 2.05) is 42.5 Å². The molecule has 0 aliphatic rings. The minimum absolute atomic E-state index is 0.220. The van der Waals surface area contributed by atoms with Gasteiger partial charge in [0.2, 0.25) is 0 Å². The van der Waals surface area contributed by atoms with Crippen molar-refractivity contribution in [1.29, 1.82) is 0 Å². The minimum Gasteiger partial charge on any atom is -0.449 e. The van der Waals surface area contributed by atoms with Crippen molar-refractivity contribution in [2.24, 2.45) is 5.73 Å². The monoisotopic (exact) mass is 422 g/mol. The Morgan fingerprint density at radius 1 is 0.967 bits per heavy atom. The van der Waals surface area contributed by atoms with E-state index in [2.05, 4.69) is 5.32 Å². The fourth-order valence-electron chi connectivity index (χ4n) is 2.95. The highest BCUT2D eigenvalue weighted by molar-refractivity contribution is 7.14. The SMILES string of the molecule is CC(OC(=O)c1ccccc1CCc1ccccc1)C(=O)Nc1sccc1C(N)=O. The molecule has 1 heterocycles. The number of rotatable bonds is 8. The van der Waals surface area contributed by atoms with Crippen molar-refractivity contribution in [2.75, 3.05) is 5.32 Å². The van der Waals surface area contributed by atoms with Gasteiger partial charge in [0, 0.05) is 0 Å². The number of anilines is 1. The summed E-state index contributed by atoms with van der Waals surface area (Å²) in [6.45, 7) is 1.48. The molecule has 7 heteroatoms. The summed E-state index contributed by atoms with van der Waals surface area (Å²) >= 11 is 1.17. The van der Waals surface area contributed by atoms with Gasteiger partial charge in [-0.15, -0.1) is 11.3 Å². The van der Waals surface area contributed by atoms with E-state index >= 15 is 0 Å². The van der Waals surface area contributed by atoms with E-state index in [1.54, 1.807) is 17.5 Å². The number of amides is 2. The second kappa shape index (κ2) is 9.84. The van der Waals surface area contributed by atoms with Gasteiger partial charge in [-0.25, -0.2) is 4.79 Å². The Kier molecular flexibility index (Phi) is 6.98. The van der Waals surface area contributed by atoms with Gasteiger partial charge in [-0.2, -0.15) is 0 Å². The number of ether oxygens (including phenoxy) is 1. The van der Waals surface area contributed by atoms with Gasteiger partial charge in [-0.05, 0) is 48.4 Å². The molecule has 1 atom stereocenters. The molecular weight excluding hydrogens is 400 g/mol. The summed E-state index contributed by atoms with van der Waals surface area (Å²) in [4.78, 5) is 36.5. The highest BCUT2D eigenvalue weighted by Crippen LogP contribution is 2.23. The third-order valence-corrected chi connectivity index (χ3v) is 5.41. The number of nitrogens with two attached hydrogens (primary N) is 1. The fourth-order valence-corrected chi connectivity index (χ4v) is 3.75. The molecule has 3 rings (SSSR count). The summed E-state index contributed by atoms with van der Waals surface area (Å²) < 4.78 is 5.38. The molecule has 154 valence electrons. The van der Waals surface area contributed by atoms with Gasteiger partial charge < -0.3 is 15.8 Å². The number of primary amides is 1. The highest BCUT2D eigenvalue weighted by Gasteiger charge is 2.22. The number of carbonyl (C=O) groups is 3. The molecule has 0 aliphatic heterocycles. The molecule has 2 amide bonds. The zero-order valence-electron chi connectivity index (χ0n) is 16.5. The number of hydrogen-bond donors (Lipinski definition) is 2. The number of carbonyl (C=O) groups excluding carboxylic acids is 3. The third-order valence-electron chi connectivity index (χ3n) is 4.58. The number of aryl methyl sites for hydroxylation is 2. The molecule has 3 N–H and O–H groups in total. The second-order valence-corrected chi connectivity index (χ2v) is 7.62. The van der Waals surface area contributed by atoms with Crippen LogP contribution in [-0.4, -0.2) is 23.9 Å².